The van der Waals surface area contributed by atoms with E-state index in [0.29, 0.717) is 12.2 Å². The zero-order chi connectivity index (χ0) is 9.80. The van der Waals surface area contributed by atoms with Crippen LogP contribution in [0.1, 0.15) is 45.4 Å². The molecule has 0 N–H and O–H groups in total. The molecule has 0 spiro atoms. The lowest BCUT2D eigenvalue weighted by Gasteiger charge is -2.15. The largest absolute Gasteiger partial charge is 0.333 e. The van der Waals surface area contributed by atoms with Gasteiger partial charge in [-0.05, 0) is 32.1 Å². The Morgan fingerprint density at radius 1 is 1.07 bits per heavy atom. The molecule has 2 saturated carbocycles. The Morgan fingerprint density at radius 3 is 2.07 bits per heavy atom. The fraction of sp³-hybridized carbons (Fsp3) is 1.00. The summed E-state index contributed by atoms with van der Waals surface area (Å²) in [6, 6.07) is 0. The molecule has 0 aromatic heterocycles. The van der Waals surface area contributed by atoms with Gasteiger partial charge in [0.05, 0.1) is 18.8 Å². The lowest BCUT2D eigenvalue weighted by molar-refractivity contribution is 0.147. The van der Waals surface area contributed by atoms with E-state index in [1.807, 2.05) is 0 Å². The van der Waals surface area contributed by atoms with Crippen molar-refractivity contribution >= 4 is 8.60 Å². The highest BCUT2D eigenvalue weighted by Gasteiger charge is 2.33. The Labute approximate surface area is 87.1 Å². The van der Waals surface area contributed by atoms with Crippen molar-refractivity contribution in [1.29, 1.82) is 0 Å². The van der Waals surface area contributed by atoms with E-state index in [0.717, 1.165) is 19.4 Å². The lowest BCUT2D eigenvalue weighted by atomic mass is 10.4. The van der Waals surface area contributed by atoms with Gasteiger partial charge in [-0.15, -0.1) is 0 Å². The van der Waals surface area contributed by atoms with E-state index in [9.17, 15) is 0 Å². The first-order valence-electron chi connectivity index (χ1n) is 5.65. The second-order valence-electron chi connectivity index (χ2n) is 4.02. The summed E-state index contributed by atoms with van der Waals surface area (Å²) in [7, 11) is -1.03. The average Bonchev–Trinajstić information content (AvgIpc) is 2.99. The van der Waals surface area contributed by atoms with Gasteiger partial charge in [0.2, 0.25) is 0 Å². The van der Waals surface area contributed by atoms with Crippen LogP contribution in [0.5, 0.6) is 0 Å². The minimum absolute atomic E-state index is 0.432. The highest BCUT2D eigenvalue weighted by atomic mass is 31.2. The van der Waals surface area contributed by atoms with Crippen LogP contribution in [0.15, 0.2) is 0 Å². The summed E-state index contributed by atoms with van der Waals surface area (Å²) in [5.41, 5.74) is 0. The molecule has 2 aliphatic rings. The van der Waals surface area contributed by atoms with Crippen LogP contribution >= 0.6 is 8.60 Å². The summed E-state index contributed by atoms with van der Waals surface area (Å²) in [4.78, 5) is 0. The zero-order valence-electron chi connectivity index (χ0n) is 8.78. The molecule has 0 aromatic carbocycles. The highest BCUT2D eigenvalue weighted by molar-refractivity contribution is 7.41. The summed E-state index contributed by atoms with van der Waals surface area (Å²) in [6.45, 7) is 2.94. The van der Waals surface area contributed by atoms with Crippen molar-refractivity contribution in [3.05, 3.63) is 0 Å². The first-order valence-corrected chi connectivity index (χ1v) is 6.74. The smallest absolute Gasteiger partial charge is 0.312 e. The van der Waals surface area contributed by atoms with Crippen molar-refractivity contribution in [1.82, 2.24) is 0 Å². The van der Waals surface area contributed by atoms with Gasteiger partial charge in [-0.3, -0.25) is 0 Å². The Morgan fingerprint density at radius 2 is 1.64 bits per heavy atom. The normalized spacial score (nSPS) is 21.9. The molecule has 0 bridgehead atoms. The third-order valence-corrected chi connectivity index (χ3v) is 3.55. The minimum atomic E-state index is -1.03. The number of hydrogen-bond acceptors (Lipinski definition) is 3. The van der Waals surface area contributed by atoms with E-state index >= 15 is 0 Å². The SMILES string of the molecule is CCCCOP(OC1CC1)OC1CC1. The molecule has 2 rings (SSSR count). The molecule has 0 aliphatic heterocycles. The molecule has 3 nitrogen and oxygen atoms in total. The molecule has 0 atom stereocenters. The van der Waals surface area contributed by atoms with Gasteiger partial charge in [0, 0.05) is 0 Å². The van der Waals surface area contributed by atoms with Gasteiger partial charge in [0.15, 0.2) is 0 Å². The molecule has 0 saturated heterocycles. The highest BCUT2D eigenvalue weighted by Crippen LogP contribution is 2.50. The van der Waals surface area contributed by atoms with Crippen LogP contribution in [0.4, 0.5) is 0 Å². The number of unbranched alkanes of at least 4 members (excludes halogenated alkanes) is 1. The fourth-order valence-corrected chi connectivity index (χ4v) is 2.32. The molecule has 0 radical (unpaired) electrons. The number of rotatable bonds is 8. The molecule has 0 unspecified atom stereocenters. The third kappa shape index (κ3) is 4.22. The molecule has 0 heterocycles. The van der Waals surface area contributed by atoms with Crippen LogP contribution in [0.25, 0.3) is 0 Å². The van der Waals surface area contributed by atoms with Crippen LogP contribution in [0, 0.1) is 0 Å². The minimum Gasteiger partial charge on any atom is -0.312 e. The Balaban J connectivity index is 1.61. The van der Waals surface area contributed by atoms with Crippen molar-refractivity contribution in [3.8, 4) is 0 Å². The topological polar surface area (TPSA) is 27.7 Å². The predicted molar refractivity (Wildman–Crippen MR) is 56.0 cm³/mol. The van der Waals surface area contributed by atoms with Crippen molar-refractivity contribution in [3.63, 3.8) is 0 Å². The molecular formula is C10H19O3P. The first-order chi connectivity index (χ1) is 6.88. The Hall–Kier alpha value is 0.310. The average molecular weight is 218 g/mol. The molecular weight excluding hydrogens is 199 g/mol. The van der Waals surface area contributed by atoms with Crippen LogP contribution in [-0.4, -0.2) is 18.8 Å². The van der Waals surface area contributed by atoms with Gasteiger partial charge >= 0.3 is 8.60 Å². The van der Waals surface area contributed by atoms with E-state index in [4.69, 9.17) is 13.6 Å². The van der Waals surface area contributed by atoms with Gasteiger partial charge in [0.1, 0.15) is 0 Å². The molecule has 82 valence electrons. The van der Waals surface area contributed by atoms with Crippen LogP contribution in [0.2, 0.25) is 0 Å². The monoisotopic (exact) mass is 218 g/mol. The van der Waals surface area contributed by atoms with Crippen LogP contribution in [0.3, 0.4) is 0 Å². The van der Waals surface area contributed by atoms with E-state index in [-0.39, 0.29) is 0 Å². The summed E-state index contributed by atoms with van der Waals surface area (Å²) < 4.78 is 17.0. The molecule has 4 heteroatoms. The molecule has 2 fully saturated rings. The van der Waals surface area contributed by atoms with Gasteiger partial charge in [-0.25, -0.2) is 0 Å². The Kier molecular flexibility index (Phi) is 4.18. The van der Waals surface area contributed by atoms with Gasteiger partial charge < -0.3 is 13.6 Å². The lowest BCUT2D eigenvalue weighted by Crippen LogP contribution is -1.99. The maximum absolute atomic E-state index is 5.68. The number of hydrogen-bond donors (Lipinski definition) is 0. The van der Waals surface area contributed by atoms with Gasteiger partial charge in [-0.1, -0.05) is 13.3 Å². The van der Waals surface area contributed by atoms with Crippen molar-refractivity contribution in [2.24, 2.45) is 0 Å². The van der Waals surface area contributed by atoms with Crippen LogP contribution in [-0.2, 0) is 13.6 Å². The maximum Gasteiger partial charge on any atom is 0.333 e. The quantitative estimate of drug-likeness (QED) is 0.461. The zero-order valence-corrected chi connectivity index (χ0v) is 9.67. The van der Waals surface area contributed by atoms with Crippen molar-refractivity contribution in [2.45, 2.75) is 57.7 Å². The van der Waals surface area contributed by atoms with E-state index in [2.05, 4.69) is 6.92 Å². The van der Waals surface area contributed by atoms with E-state index in [1.54, 1.807) is 0 Å². The van der Waals surface area contributed by atoms with Crippen LogP contribution < -0.4 is 0 Å². The third-order valence-electron chi connectivity index (χ3n) is 2.21. The summed E-state index contributed by atoms with van der Waals surface area (Å²) >= 11 is 0. The predicted octanol–water partition coefficient (Wildman–Crippen LogP) is 3.39. The maximum atomic E-state index is 5.68. The summed E-state index contributed by atoms with van der Waals surface area (Å²) in [5, 5.41) is 0. The molecule has 0 amide bonds. The van der Waals surface area contributed by atoms with E-state index < -0.39 is 8.60 Å². The van der Waals surface area contributed by atoms with Crippen molar-refractivity contribution < 1.29 is 13.6 Å². The standard InChI is InChI=1S/C10H19O3P/c1-2-3-8-11-14(12-9-4-5-9)13-10-6-7-10/h9-10H,2-8H2,1H3. The molecule has 0 aromatic rings. The second kappa shape index (κ2) is 5.41. The molecule has 2 aliphatic carbocycles. The first kappa shape index (κ1) is 10.8. The summed E-state index contributed by atoms with van der Waals surface area (Å²) in [6.07, 6.45) is 7.86. The van der Waals surface area contributed by atoms with Gasteiger partial charge in [-0.2, -0.15) is 0 Å². The summed E-state index contributed by atoms with van der Waals surface area (Å²) in [5.74, 6) is 0. The van der Waals surface area contributed by atoms with Gasteiger partial charge in [0.25, 0.3) is 0 Å². The van der Waals surface area contributed by atoms with E-state index in [1.165, 1.54) is 25.7 Å². The van der Waals surface area contributed by atoms with Crippen molar-refractivity contribution in [2.75, 3.05) is 6.61 Å². The fourth-order valence-electron chi connectivity index (χ4n) is 0.959. The molecule has 14 heavy (non-hydrogen) atoms. The Bertz CT molecular complexity index is 155. The second-order valence-corrected chi connectivity index (χ2v) is 5.15.